The summed E-state index contributed by atoms with van der Waals surface area (Å²) >= 11 is 0. The minimum Gasteiger partial charge on any atom is -0.295 e. The van der Waals surface area contributed by atoms with E-state index in [1.165, 1.54) is 32.1 Å². The zero-order chi connectivity index (χ0) is 26.5. The predicted octanol–water partition coefficient (Wildman–Crippen LogP) is 6.06. The minimum atomic E-state index is 0.114. The van der Waals surface area contributed by atoms with E-state index >= 15 is 0 Å². The summed E-state index contributed by atoms with van der Waals surface area (Å²) in [5.41, 5.74) is 5.32. The van der Waals surface area contributed by atoms with Crippen LogP contribution in [0.3, 0.4) is 0 Å². The van der Waals surface area contributed by atoms with Gasteiger partial charge in [-0.2, -0.15) is 5.21 Å². The number of aromatic amines is 1. The molecule has 0 bridgehead atoms. The Balaban J connectivity index is 1.50. The van der Waals surface area contributed by atoms with Crippen molar-refractivity contribution >= 4 is 0 Å². The van der Waals surface area contributed by atoms with Gasteiger partial charge in [0.2, 0.25) is 5.82 Å². The molecule has 1 aromatic carbocycles. The smallest absolute Gasteiger partial charge is 0.295 e. The Morgan fingerprint density at radius 3 is 2.42 bits per heavy atom. The molecule has 4 aromatic rings. The van der Waals surface area contributed by atoms with Crippen molar-refractivity contribution in [1.82, 2.24) is 34.7 Å². The number of pyridine rings is 1. The molecule has 0 saturated heterocycles. The van der Waals surface area contributed by atoms with Gasteiger partial charge in [0.1, 0.15) is 0 Å². The molecule has 2 atom stereocenters. The molecule has 1 saturated carbocycles. The van der Waals surface area contributed by atoms with Gasteiger partial charge in [0.05, 0.1) is 6.54 Å². The molecular weight excluding hydrogens is 474 g/mol. The normalized spacial score (nSPS) is 20.2. The van der Waals surface area contributed by atoms with Crippen molar-refractivity contribution in [2.45, 2.75) is 84.7 Å². The van der Waals surface area contributed by atoms with Gasteiger partial charge in [-0.15, -0.1) is 10.2 Å². The van der Waals surface area contributed by atoms with E-state index in [1.807, 2.05) is 35.2 Å². The van der Waals surface area contributed by atoms with Crippen LogP contribution in [0.25, 0.3) is 22.5 Å². The van der Waals surface area contributed by atoms with Crippen molar-refractivity contribution in [2.24, 2.45) is 11.8 Å². The van der Waals surface area contributed by atoms with E-state index < -0.39 is 0 Å². The van der Waals surface area contributed by atoms with Crippen LogP contribution in [0.2, 0.25) is 0 Å². The number of unbranched alkanes of at least 4 members (excludes halogenated alkanes) is 1. The topological polar surface area (TPSA) is 94.3 Å². The van der Waals surface area contributed by atoms with Crippen LogP contribution < -0.4 is 5.69 Å². The number of H-pyrrole nitrogens is 1. The molecule has 0 aliphatic heterocycles. The highest BCUT2D eigenvalue weighted by Crippen LogP contribution is 2.35. The fourth-order valence-corrected chi connectivity index (χ4v) is 6.14. The highest BCUT2D eigenvalue weighted by Gasteiger charge is 2.29. The molecule has 38 heavy (non-hydrogen) atoms. The van der Waals surface area contributed by atoms with Crippen LogP contribution in [0.1, 0.15) is 83.0 Å². The number of nitrogens with zero attached hydrogens (tertiary/aromatic N) is 6. The summed E-state index contributed by atoms with van der Waals surface area (Å²) < 4.78 is 4.09. The molecule has 2 unspecified atom stereocenters. The van der Waals surface area contributed by atoms with Crippen LogP contribution in [-0.4, -0.2) is 34.7 Å². The lowest BCUT2D eigenvalue weighted by molar-refractivity contribution is 0.205. The van der Waals surface area contributed by atoms with Crippen LogP contribution in [0.5, 0.6) is 0 Å². The first-order valence-electron chi connectivity index (χ1n) is 14.1. The van der Waals surface area contributed by atoms with Crippen molar-refractivity contribution in [3.05, 3.63) is 70.7 Å². The quantitative estimate of drug-likeness (QED) is 0.309. The van der Waals surface area contributed by atoms with Gasteiger partial charge >= 0.3 is 5.69 Å². The summed E-state index contributed by atoms with van der Waals surface area (Å²) in [5.74, 6) is 1.55. The summed E-state index contributed by atoms with van der Waals surface area (Å²) in [4.78, 5) is 18.5. The fourth-order valence-electron chi connectivity index (χ4n) is 6.14. The molecule has 3 aromatic heterocycles. The fraction of sp³-hybridized carbons (Fsp3) is 0.500. The maximum atomic E-state index is 14.1. The number of hydrogen-bond donors (Lipinski definition) is 1. The van der Waals surface area contributed by atoms with E-state index in [0.717, 1.165) is 47.2 Å². The van der Waals surface area contributed by atoms with E-state index in [-0.39, 0.29) is 11.7 Å². The third kappa shape index (κ3) is 5.49. The van der Waals surface area contributed by atoms with Crippen molar-refractivity contribution in [3.63, 3.8) is 0 Å². The average molecular weight is 514 g/mol. The zero-order valence-electron chi connectivity index (χ0n) is 22.8. The van der Waals surface area contributed by atoms with Crippen LogP contribution in [0.4, 0.5) is 0 Å². The van der Waals surface area contributed by atoms with E-state index in [1.54, 1.807) is 0 Å². The largest absolute Gasteiger partial charge is 0.328 e. The first-order chi connectivity index (χ1) is 18.6. The van der Waals surface area contributed by atoms with Crippen LogP contribution in [0, 0.1) is 11.8 Å². The van der Waals surface area contributed by atoms with Gasteiger partial charge in [0.25, 0.3) is 0 Å². The number of hydrogen-bond acceptors (Lipinski definition) is 5. The van der Waals surface area contributed by atoms with Crippen molar-refractivity contribution < 1.29 is 0 Å². The van der Waals surface area contributed by atoms with Gasteiger partial charge in [-0.05, 0) is 65.5 Å². The second kappa shape index (κ2) is 11.9. The molecule has 0 spiro atoms. The molecule has 0 amide bonds. The maximum Gasteiger partial charge on any atom is 0.328 e. The van der Waals surface area contributed by atoms with Gasteiger partial charge in [0, 0.05) is 35.9 Å². The monoisotopic (exact) mass is 513 g/mol. The molecule has 5 rings (SSSR count). The van der Waals surface area contributed by atoms with Gasteiger partial charge in [-0.3, -0.25) is 14.1 Å². The Morgan fingerprint density at radius 2 is 1.74 bits per heavy atom. The SMILES string of the molecule is CCCCc1cn(C2C(C)CCCCCC2C)c(=O)n1Cc1cnccc1-c1ccc(-c2nn[nH]n2)cc1. The summed E-state index contributed by atoms with van der Waals surface area (Å²) in [6.07, 6.45) is 15.1. The van der Waals surface area contributed by atoms with Gasteiger partial charge < -0.3 is 0 Å². The highest BCUT2D eigenvalue weighted by molar-refractivity contribution is 5.69. The maximum absolute atomic E-state index is 14.1. The molecule has 8 heteroatoms. The standard InChI is InChI=1S/C30H39N7O/c1-4-5-11-26-20-37(28-21(2)9-7-6-8-10-22(28)3)30(38)36(26)19-25-18-31-17-16-27(25)23-12-14-24(15-13-23)29-32-34-35-33-29/h12-18,20-22,28H,4-11,19H2,1-3H3,(H,32,33,34,35). The van der Waals surface area contributed by atoms with Crippen LogP contribution in [-0.2, 0) is 13.0 Å². The van der Waals surface area contributed by atoms with Crippen molar-refractivity contribution in [1.29, 1.82) is 0 Å². The van der Waals surface area contributed by atoms with E-state index in [2.05, 4.69) is 69.3 Å². The number of rotatable bonds is 8. The Bertz CT molecular complexity index is 1360. The molecule has 3 heterocycles. The second-order valence-corrected chi connectivity index (χ2v) is 10.9. The lowest BCUT2D eigenvalue weighted by Crippen LogP contribution is -2.34. The zero-order valence-corrected chi connectivity index (χ0v) is 22.8. The second-order valence-electron chi connectivity index (χ2n) is 10.9. The van der Waals surface area contributed by atoms with Gasteiger partial charge in [-0.1, -0.05) is 70.7 Å². The summed E-state index contributed by atoms with van der Waals surface area (Å²) in [7, 11) is 0. The van der Waals surface area contributed by atoms with Crippen molar-refractivity contribution in [2.75, 3.05) is 0 Å². The number of imidazole rings is 1. The lowest BCUT2D eigenvalue weighted by Gasteiger charge is -2.32. The molecular formula is C30H39N7O. The molecule has 0 radical (unpaired) electrons. The minimum absolute atomic E-state index is 0.114. The molecule has 8 nitrogen and oxygen atoms in total. The number of nitrogens with one attached hydrogen (secondary N) is 1. The van der Waals surface area contributed by atoms with Crippen molar-refractivity contribution in [3.8, 4) is 22.5 Å². The molecule has 1 aliphatic rings. The molecule has 1 fully saturated rings. The number of benzene rings is 1. The number of aromatic nitrogens is 7. The lowest BCUT2D eigenvalue weighted by atomic mass is 9.81. The Morgan fingerprint density at radius 1 is 1.00 bits per heavy atom. The summed E-state index contributed by atoms with van der Waals surface area (Å²) in [6, 6.07) is 10.4. The Labute approximate surface area is 224 Å². The van der Waals surface area contributed by atoms with Gasteiger partial charge in [0.15, 0.2) is 0 Å². The number of aryl methyl sites for hydroxylation is 1. The van der Waals surface area contributed by atoms with Crippen LogP contribution >= 0.6 is 0 Å². The molecule has 1 aliphatic carbocycles. The first kappa shape index (κ1) is 26.1. The summed E-state index contributed by atoms with van der Waals surface area (Å²) in [5, 5.41) is 14.3. The van der Waals surface area contributed by atoms with Crippen LogP contribution in [0.15, 0.2) is 53.7 Å². The third-order valence-electron chi connectivity index (χ3n) is 8.21. The predicted molar refractivity (Wildman–Crippen MR) is 150 cm³/mol. The average Bonchev–Trinajstić information content (AvgIpc) is 3.57. The van der Waals surface area contributed by atoms with E-state index in [9.17, 15) is 4.79 Å². The summed E-state index contributed by atoms with van der Waals surface area (Å²) in [6.45, 7) is 7.38. The Hall–Kier alpha value is -3.55. The molecule has 1 N–H and O–H groups in total. The molecule has 200 valence electrons. The highest BCUT2D eigenvalue weighted by atomic mass is 16.1. The third-order valence-corrected chi connectivity index (χ3v) is 8.21. The number of tetrazole rings is 1. The Kier molecular flexibility index (Phi) is 8.15. The van der Waals surface area contributed by atoms with Gasteiger partial charge in [-0.25, -0.2) is 4.79 Å². The first-order valence-corrected chi connectivity index (χ1v) is 14.1. The van der Waals surface area contributed by atoms with E-state index in [4.69, 9.17) is 0 Å². The van der Waals surface area contributed by atoms with E-state index in [0.29, 0.717) is 24.2 Å².